The molecule has 0 aromatic rings. The maximum Gasteiger partial charge on any atom is 0.260 e. The Labute approximate surface area is 119 Å². The Balaban J connectivity index is 4.34. The predicted molar refractivity (Wildman–Crippen MR) is 78.3 cm³/mol. The average molecular weight is 290 g/mol. The minimum Gasteiger partial charge on any atom is -0.305 e. The summed E-state index contributed by atoms with van der Waals surface area (Å²) in [5, 5.41) is 7.87. The molecular weight excluding hydrogens is 265 g/mol. The highest BCUT2D eigenvalue weighted by Gasteiger charge is 2.12. The minimum atomic E-state index is -2.46. The summed E-state index contributed by atoms with van der Waals surface area (Å²) in [6.45, 7) is 5.52. The molecule has 116 valence electrons. The monoisotopic (exact) mass is 290 g/mol. The zero-order valence-electron chi connectivity index (χ0n) is 12.7. The van der Waals surface area contributed by atoms with Crippen LogP contribution in [0, 0.1) is 5.41 Å². The van der Waals surface area contributed by atoms with Gasteiger partial charge in [0.05, 0.1) is 0 Å². The Bertz CT molecular complexity index is 362. The van der Waals surface area contributed by atoms with E-state index in [1.54, 1.807) is 38.8 Å². The number of nitrogens with zero attached hydrogens (tertiary/aromatic N) is 1. The van der Waals surface area contributed by atoms with Gasteiger partial charge in [-0.1, -0.05) is 19.1 Å². The summed E-state index contributed by atoms with van der Waals surface area (Å²) in [6.07, 6.45) is 0.564. The molecule has 5 heteroatoms. The van der Waals surface area contributed by atoms with Crippen LogP contribution >= 0.6 is 0 Å². The number of rotatable bonds is 9. The molecule has 0 aliphatic heterocycles. The highest BCUT2D eigenvalue weighted by molar-refractivity contribution is 5.97. The molecule has 0 saturated carbocycles. The van der Waals surface area contributed by atoms with Gasteiger partial charge in [-0.3, -0.25) is 4.90 Å². The number of halogens is 3. The van der Waals surface area contributed by atoms with E-state index in [-0.39, 0.29) is 12.0 Å². The highest BCUT2D eigenvalue weighted by Crippen LogP contribution is 2.15. The first-order valence-corrected chi connectivity index (χ1v) is 6.85. The van der Waals surface area contributed by atoms with E-state index in [2.05, 4.69) is 0 Å². The smallest absolute Gasteiger partial charge is 0.260 e. The molecule has 1 unspecified atom stereocenters. The van der Waals surface area contributed by atoms with Crippen LogP contribution < -0.4 is 0 Å². The van der Waals surface area contributed by atoms with E-state index >= 15 is 0 Å². The molecule has 0 fully saturated rings. The van der Waals surface area contributed by atoms with E-state index in [1.807, 2.05) is 0 Å². The van der Waals surface area contributed by atoms with Crippen LogP contribution in [-0.2, 0) is 0 Å². The zero-order chi connectivity index (χ0) is 15.7. The van der Waals surface area contributed by atoms with Gasteiger partial charge < -0.3 is 5.41 Å². The molecule has 0 heterocycles. The first-order chi connectivity index (χ1) is 9.33. The minimum absolute atomic E-state index is 0.0593. The summed E-state index contributed by atoms with van der Waals surface area (Å²) < 4.78 is 38.4. The summed E-state index contributed by atoms with van der Waals surface area (Å²) in [7, 11) is 1.68. The molecule has 0 spiro atoms. The second-order valence-electron chi connectivity index (χ2n) is 4.81. The maximum absolute atomic E-state index is 13.3. The molecule has 1 N–H and O–H groups in total. The number of hydrogen-bond acceptors (Lipinski definition) is 2. The van der Waals surface area contributed by atoms with Gasteiger partial charge in [-0.25, -0.2) is 13.2 Å². The molecule has 0 aliphatic rings. The molecule has 0 aromatic heterocycles. The summed E-state index contributed by atoms with van der Waals surface area (Å²) in [5.74, 6) is 0. The number of hydrogen-bond donors (Lipinski definition) is 1. The molecule has 2 nitrogen and oxygen atoms in total. The molecule has 0 aromatic carbocycles. The Kier molecular flexibility index (Phi) is 9.21. The van der Waals surface area contributed by atoms with Crippen molar-refractivity contribution >= 4 is 5.71 Å². The van der Waals surface area contributed by atoms with Crippen molar-refractivity contribution in [3.8, 4) is 0 Å². The van der Waals surface area contributed by atoms with Gasteiger partial charge in [-0.15, -0.1) is 0 Å². The van der Waals surface area contributed by atoms with Crippen molar-refractivity contribution in [2.45, 2.75) is 52.8 Å². The standard InChI is InChI=1S/C15H25F3N2/c1-5-12(15(17)18)8-7-11(3)13(19)9-10-20(4)14(16)6-2/h5,7,14-15,19H,6,8-10H2,1-4H3/b11-7+,12-5+,19-13?. The lowest BCUT2D eigenvalue weighted by atomic mass is 10.1. The van der Waals surface area contributed by atoms with Crippen molar-refractivity contribution in [3.63, 3.8) is 0 Å². The van der Waals surface area contributed by atoms with Crippen LogP contribution in [0.5, 0.6) is 0 Å². The van der Waals surface area contributed by atoms with Crippen LogP contribution in [0.4, 0.5) is 13.2 Å². The first-order valence-electron chi connectivity index (χ1n) is 6.85. The molecule has 0 saturated heterocycles. The van der Waals surface area contributed by atoms with Crippen molar-refractivity contribution in [2.24, 2.45) is 0 Å². The Morgan fingerprint density at radius 2 is 1.90 bits per heavy atom. The fourth-order valence-electron chi connectivity index (χ4n) is 1.66. The van der Waals surface area contributed by atoms with Crippen molar-refractivity contribution in [3.05, 3.63) is 23.3 Å². The van der Waals surface area contributed by atoms with E-state index in [0.29, 0.717) is 30.7 Å². The second-order valence-corrected chi connectivity index (χ2v) is 4.81. The fourth-order valence-corrected chi connectivity index (χ4v) is 1.66. The lowest BCUT2D eigenvalue weighted by Gasteiger charge is -2.20. The summed E-state index contributed by atoms with van der Waals surface area (Å²) >= 11 is 0. The van der Waals surface area contributed by atoms with Crippen molar-refractivity contribution in [1.82, 2.24) is 4.90 Å². The largest absolute Gasteiger partial charge is 0.305 e. The van der Waals surface area contributed by atoms with Gasteiger partial charge in [0.1, 0.15) is 0 Å². The van der Waals surface area contributed by atoms with E-state index < -0.39 is 12.7 Å². The van der Waals surface area contributed by atoms with Crippen LogP contribution in [0.15, 0.2) is 23.3 Å². The van der Waals surface area contributed by atoms with Crippen molar-refractivity contribution in [2.75, 3.05) is 13.6 Å². The van der Waals surface area contributed by atoms with E-state index in [0.717, 1.165) is 0 Å². The molecule has 20 heavy (non-hydrogen) atoms. The molecule has 0 amide bonds. The molecule has 0 rings (SSSR count). The molecule has 0 radical (unpaired) electrons. The third-order valence-electron chi connectivity index (χ3n) is 3.30. The quantitative estimate of drug-likeness (QED) is 0.375. The molecule has 0 aliphatic carbocycles. The Morgan fingerprint density at radius 1 is 1.30 bits per heavy atom. The fraction of sp³-hybridized carbons (Fsp3) is 0.667. The predicted octanol–water partition coefficient (Wildman–Crippen LogP) is 4.58. The first kappa shape index (κ1) is 18.9. The van der Waals surface area contributed by atoms with Gasteiger partial charge in [0.15, 0.2) is 6.30 Å². The molecule has 1 atom stereocenters. The van der Waals surface area contributed by atoms with E-state index in [4.69, 9.17) is 5.41 Å². The van der Waals surface area contributed by atoms with Crippen LogP contribution in [-0.4, -0.2) is 36.9 Å². The number of allylic oxidation sites excluding steroid dienone is 4. The summed E-state index contributed by atoms with van der Waals surface area (Å²) in [6, 6.07) is 0. The van der Waals surface area contributed by atoms with Gasteiger partial charge in [0.2, 0.25) is 0 Å². The summed E-state index contributed by atoms with van der Waals surface area (Å²) in [5.41, 5.74) is 1.10. The van der Waals surface area contributed by atoms with E-state index in [9.17, 15) is 13.2 Å². The topological polar surface area (TPSA) is 27.1 Å². The lowest BCUT2D eigenvalue weighted by molar-refractivity contribution is 0.109. The van der Waals surface area contributed by atoms with Crippen LogP contribution in [0.1, 0.15) is 40.0 Å². The number of nitrogens with one attached hydrogen (secondary N) is 1. The van der Waals surface area contributed by atoms with Crippen molar-refractivity contribution < 1.29 is 13.2 Å². The SMILES string of the molecule is C/C=C(\C/C=C(\C)C(=N)CCN(C)C(F)CC)C(F)F. The van der Waals surface area contributed by atoms with Crippen LogP contribution in [0.25, 0.3) is 0 Å². The van der Waals surface area contributed by atoms with Gasteiger partial charge in [0, 0.05) is 18.7 Å². The van der Waals surface area contributed by atoms with Crippen LogP contribution in [0.2, 0.25) is 0 Å². The molecule has 0 bridgehead atoms. The van der Waals surface area contributed by atoms with Crippen LogP contribution in [0.3, 0.4) is 0 Å². The zero-order valence-corrected chi connectivity index (χ0v) is 12.7. The van der Waals surface area contributed by atoms with Gasteiger partial charge in [-0.2, -0.15) is 0 Å². The highest BCUT2D eigenvalue weighted by atomic mass is 19.3. The Hall–Kier alpha value is -1.10. The van der Waals surface area contributed by atoms with Crippen molar-refractivity contribution in [1.29, 1.82) is 5.41 Å². The van der Waals surface area contributed by atoms with Gasteiger partial charge >= 0.3 is 0 Å². The van der Waals surface area contributed by atoms with Gasteiger partial charge in [-0.05, 0) is 44.9 Å². The Morgan fingerprint density at radius 3 is 2.35 bits per heavy atom. The normalized spacial score (nSPS) is 15.1. The third-order valence-corrected chi connectivity index (χ3v) is 3.30. The second kappa shape index (κ2) is 9.75. The van der Waals surface area contributed by atoms with Gasteiger partial charge in [0.25, 0.3) is 6.43 Å². The third kappa shape index (κ3) is 6.89. The lowest BCUT2D eigenvalue weighted by Crippen LogP contribution is -2.29. The number of alkyl halides is 3. The average Bonchev–Trinajstić information content (AvgIpc) is 2.43. The maximum atomic E-state index is 13.3. The van der Waals surface area contributed by atoms with E-state index in [1.165, 1.54) is 6.08 Å². The summed E-state index contributed by atoms with van der Waals surface area (Å²) in [4.78, 5) is 1.55. The molecular formula is C15H25F3N2.